The number of nitrogens with zero attached hydrogens (tertiary/aromatic N) is 3. The number of carbonyl (C=O) groups is 1. The predicted molar refractivity (Wildman–Crippen MR) is 117 cm³/mol. The van der Waals surface area contributed by atoms with Gasteiger partial charge in [0.05, 0.1) is 11.0 Å². The summed E-state index contributed by atoms with van der Waals surface area (Å²) in [4.78, 5) is 28.4. The number of nitrogens with one attached hydrogen (secondary N) is 3. The second-order valence-electron chi connectivity index (χ2n) is 7.50. The van der Waals surface area contributed by atoms with E-state index in [4.69, 9.17) is 0 Å². The Morgan fingerprint density at radius 2 is 2.10 bits per heavy atom. The fraction of sp³-hybridized carbons (Fsp3) is 0.217. The van der Waals surface area contributed by atoms with Crippen LogP contribution >= 0.6 is 0 Å². The van der Waals surface area contributed by atoms with Crippen molar-refractivity contribution in [1.82, 2.24) is 25.3 Å². The molecule has 1 aliphatic rings. The van der Waals surface area contributed by atoms with Crippen molar-refractivity contribution in [1.29, 1.82) is 0 Å². The number of benzene rings is 1. The molecule has 1 aromatic carbocycles. The molecule has 7 nitrogen and oxygen atoms in total. The molecule has 0 spiro atoms. The summed E-state index contributed by atoms with van der Waals surface area (Å²) in [5.74, 6) is -0.149. The van der Waals surface area contributed by atoms with Crippen molar-refractivity contribution < 1.29 is 9.18 Å². The second kappa shape index (κ2) is 7.79. The standard InChI is InChI=1S/C23H21FN6O/c1-2-25-23(31)30-22-28-19-11-14(15-9-13-5-3-7-18(13)27-12-15)10-16(21(19)29-22)20-17(24)6-4-8-26-20/h4,6,8-12H,2-3,5,7H2,1H3,(H3,25,28,29,30,31). The summed E-state index contributed by atoms with van der Waals surface area (Å²) in [5, 5.41) is 5.34. The van der Waals surface area contributed by atoms with E-state index in [0.717, 1.165) is 36.1 Å². The summed E-state index contributed by atoms with van der Waals surface area (Å²) in [6.45, 7) is 2.32. The van der Waals surface area contributed by atoms with Crippen molar-refractivity contribution in [3.63, 3.8) is 0 Å². The Kier molecular flexibility index (Phi) is 4.82. The van der Waals surface area contributed by atoms with E-state index in [9.17, 15) is 9.18 Å². The fourth-order valence-corrected chi connectivity index (χ4v) is 4.01. The highest BCUT2D eigenvalue weighted by Crippen LogP contribution is 2.35. The molecular formula is C23H21FN6O. The van der Waals surface area contributed by atoms with Gasteiger partial charge in [0.15, 0.2) is 0 Å². The molecule has 0 bridgehead atoms. The molecule has 3 aromatic heterocycles. The van der Waals surface area contributed by atoms with Gasteiger partial charge < -0.3 is 10.3 Å². The summed E-state index contributed by atoms with van der Waals surface area (Å²) in [5.41, 5.74) is 6.20. The molecule has 2 amide bonds. The first kappa shape index (κ1) is 19.2. The van der Waals surface area contributed by atoms with Crippen LogP contribution in [0.25, 0.3) is 33.4 Å². The SMILES string of the molecule is CCNC(=O)Nc1nc2cc(-c3cnc4c(c3)CCC4)cc(-c3ncccc3F)c2[nH]1. The van der Waals surface area contributed by atoms with Crippen molar-refractivity contribution >= 4 is 23.0 Å². The predicted octanol–water partition coefficient (Wildman–Crippen LogP) is 4.46. The minimum atomic E-state index is -0.430. The molecular weight excluding hydrogens is 395 g/mol. The van der Waals surface area contributed by atoms with Gasteiger partial charge in [-0.3, -0.25) is 15.3 Å². The lowest BCUT2D eigenvalue weighted by molar-refractivity contribution is 0.252. The summed E-state index contributed by atoms with van der Waals surface area (Å²) in [6.07, 6.45) is 6.54. The number of carbonyl (C=O) groups excluding carboxylic acids is 1. The Bertz CT molecular complexity index is 1300. The van der Waals surface area contributed by atoms with E-state index < -0.39 is 5.82 Å². The number of hydrogen-bond donors (Lipinski definition) is 3. The number of rotatable bonds is 4. The van der Waals surface area contributed by atoms with Crippen LogP contribution in [0.15, 0.2) is 42.7 Å². The smallest absolute Gasteiger partial charge is 0.321 e. The maximum Gasteiger partial charge on any atom is 0.321 e. The Hall–Kier alpha value is -3.81. The molecule has 0 saturated heterocycles. The number of H-pyrrole nitrogens is 1. The number of amides is 2. The molecule has 1 aliphatic carbocycles. The zero-order chi connectivity index (χ0) is 21.4. The molecule has 156 valence electrons. The molecule has 0 saturated carbocycles. The molecule has 0 fully saturated rings. The number of aromatic amines is 1. The van der Waals surface area contributed by atoms with E-state index in [1.807, 2.05) is 25.3 Å². The average molecular weight is 416 g/mol. The normalized spacial score (nSPS) is 12.7. The molecule has 8 heteroatoms. The van der Waals surface area contributed by atoms with Gasteiger partial charge in [-0.1, -0.05) is 0 Å². The maximum atomic E-state index is 14.6. The molecule has 0 unspecified atom stereocenters. The van der Waals surface area contributed by atoms with E-state index in [1.54, 1.807) is 12.3 Å². The number of fused-ring (bicyclic) bond motifs is 2. The van der Waals surface area contributed by atoms with Crippen LogP contribution in [0.1, 0.15) is 24.6 Å². The van der Waals surface area contributed by atoms with E-state index >= 15 is 0 Å². The van der Waals surface area contributed by atoms with Gasteiger partial charge in [0.25, 0.3) is 0 Å². The lowest BCUT2D eigenvalue weighted by Gasteiger charge is -2.09. The monoisotopic (exact) mass is 416 g/mol. The van der Waals surface area contributed by atoms with Crippen LogP contribution < -0.4 is 10.6 Å². The average Bonchev–Trinajstić information content (AvgIpc) is 3.39. The van der Waals surface area contributed by atoms with Crippen LogP contribution in [-0.4, -0.2) is 32.5 Å². The van der Waals surface area contributed by atoms with E-state index in [-0.39, 0.29) is 17.7 Å². The highest BCUT2D eigenvalue weighted by molar-refractivity contribution is 5.98. The quantitative estimate of drug-likeness (QED) is 0.458. The number of pyridine rings is 2. The second-order valence-corrected chi connectivity index (χ2v) is 7.50. The molecule has 31 heavy (non-hydrogen) atoms. The van der Waals surface area contributed by atoms with Crippen LogP contribution in [0.5, 0.6) is 0 Å². The number of halogens is 1. The van der Waals surface area contributed by atoms with Gasteiger partial charge >= 0.3 is 6.03 Å². The zero-order valence-electron chi connectivity index (χ0n) is 17.0. The number of aromatic nitrogens is 4. The lowest BCUT2D eigenvalue weighted by Crippen LogP contribution is -2.28. The minimum absolute atomic E-state index is 0.219. The number of hydrogen-bond acceptors (Lipinski definition) is 4. The molecule has 3 heterocycles. The van der Waals surface area contributed by atoms with Crippen molar-refractivity contribution in [3.05, 3.63) is 59.8 Å². The number of urea groups is 1. The van der Waals surface area contributed by atoms with Gasteiger partial charge in [0.2, 0.25) is 5.95 Å². The molecule has 3 N–H and O–H groups in total. The summed E-state index contributed by atoms with van der Waals surface area (Å²) in [6, 6.07) is 8.52. The maximum absolute atomic E-state index is 14.6. The van der Waals surface area contributed by atoms with Crippen LogP contribution in [-0.2, 0) is 12.8 Å². The Balaban J connectivity index is 1.67. The van der Waals surface area contributed by atoms with E-state index in [0.29, 0.717) is 23.1 Å². The van der Waals surface area contributed by atoms with Gasteiger partial charge in [0.1, 0.15) is 11.5 Å². The fourth-order valence-electron chi connectivity index (χ4n) is 4.01. The topological polar surface area (TPSA) is 95.6 Å². The van der Waals surface area contributed by atoms with Crippen LogP contribution in [0.4, 0.5) is 15.1 Å². The third-order valence-corrected chi connectivity index (χ3v) is 5.43. The number of anilines is 1. The highest BCUT2D eigenvalue weighted by Gasteiger charge is 2.18. The Labute approximate surface area is 178 Å². The van der Waals surface area contributed by atoms with Crippen molar-refractivity contribution in [2.75, 3.05) is 11.9 Å². The third kappa shape index (κ3) is 3.61. The van der Waals surface area contributed by atoms with E-state index in [2.05, 4.69) is 36.6 Å². The van der Waals surface area contributed by atoms with Gasteiger partial charge in [-0.25, -0.2) is 14.2 Å². The van der Waals surface area contributed by atoms with Gasteiger partial charge in [-0.2, -0.15) is 0 Å². The largest absolute Gasteiger partial charge is 0.338 e. The minimum Gasteiger partial charge on any atom is -0.338 e. The molecule has 0 aliphatic heterocycles. The van der Waals surface area contributed by atoms with Crippen LogP contribution in [0.3, 0.4) is 0 Å². The zero-order valence-corrected chi connectivity index (χ0v) is 17.0. The molecule has 4 aromatic rings. The van der Waals surface area contributed by atoms with Gasteiger partial charge in [0, 0.05) is 35.8 Å². The first-order chi connectivity index (χ1) is 15.1. The lowest BCUT2D eigenvalue weighted by atomic mass is 9.99. The number of aryl methyl sites for hydroxylation is 2. The van der Waals surface area contributed by atoms with Crippen LogP contribution in [0, 0.1) is 5.82 Å². The molecule has 0 atom stereocenters. The van der Waals surface area contributed by atoms with Crippen molar-refractivity contribution in [2.45, 2.75) is 26.2 Å². The van der Waals surface area contributed by atoms with Crippen LogP contribution in [0.2, 0.25) is 0 Å². The van der Waals surface area contributed by atoms with E-state index in [1.165, 1.54) is 11.6 Å². The molecule has 0 radical (unpaired) electrons. The Morgan fingerprint density at radius 3 is 2.94 bits per heavy atom. The number of imidazole rings is 1. The first-order valence-electron chi connectivity index (χ1n) is 10.3. The summed E-state index contributed by atoms with van der Waals surface area (Å²) >= 11 is 0. The summed E-state index contributed by atoms with van der Waals surface area (Å²) < 4.78 is 14.6. The van der Waals surface area contributed by atoms with Crippen molar-refractivity contribution in [2.24, 2.45) is 0 Å². The molecule has 5 rings (SSSR count). The highest BCUT2D eigenvalue weighted by atomic mass is 19.1. The third-order valence-electron chi connectivity index (χ3n) is 5.43. The van der Waals surface area contributed by atoms with Crippen molar-refractivity contribution in [3.8, 4) is 22.4 Å². The first-order valence-corrected chi connectivity index (χ1v) is 10.3. The Morgan fingerprint density at radius 1 is 1.19 bits per heavy atom. The summed E-state index contributed by atoms with van der Waals surface area (Å²) in [7, 11) is 0. The van der Waals surface area contributed by atoms with Gasteiger partial charge in [-0.15, -0.1) is 0 Å². The van der Waals surface area contributed by atoms with Gasteiger partial charge in [-0.05, 0) is 67.6 Å².